The van der Waals surface area contributed by atoms with Crippen LogP contribution >= 0.6 is 0 Å². The van der Waals surface area contributed by atoms with Crippen molar-refractivity contribution in [2.75, 3.05) is 39.3 Å². The van der Waals surface area contributed by atoms with Crippen molar-refractivity contribution in [1.82, 2.24) is 15.1 Å². The molecule has 2 aliphatic rings. The van der Waals surface area contributed by atoms with Crippen LogP contribution in [0.3, 0.4) is 0 Å². The molecular formula is C15H31N3. The molecule has 2 heterocycles. The van der Waals surface area contributed by atoms with Gasteiger partial charge < -0.3 is 10.2 Å². The molecule has 0 aromatic rings. The summed E-state index contributed by atoms with van der Waals surface area (Å²) >= 11 is 0. The van der Waals surface area contributed by atoms with Gasteiger partial charge in [-0.15, -0.1) is 0 Å². The standard InChI is InChI=1S/C15H31N3/c1-15(2,3)18-12-10-17(11-13-18)9-5-7-14-6-4-8-16-14/h14,16H,4-13H2,1-3H3. The summed E-state index contributed by atoms with van der Waals surface area (Å²) in [4.78, 5) is 5.26. The van der Waals surface area contributed by atoms with E-state index in [1.165, 1.54) is 65.0 Å². The Labute approximate surface area is 113 Å². The smallest absolute Gasteiger partial charge is 0.0126 e. The largest absolute Gasteiger partial charge is 0.314 e. The molecular weight excluding hydrogens is 222 g/mol. The van der Waals surface area contributed by atoms with E-state index in [9.17, 15) is 0 Å². The van der Waals surface area contributed by atoms with E-state index in [2.05, 4.69) is 35.9 Å². The Morgan fingerprint density at radius 2 is 1.83 bits per heavy atom. The minimum absolute atomic E-state index is 0.347. The van der Waals surface area contributed by atoms with Gasteiger partial charge in [0.1, 0.15) is 0 Å². The second-order valence-corrected chi connectivity index (χ2v) is 6.94. The van der Waals surface area contributed by atoms with Crippen molar-refractivity contribution in [2.45, 2.75) is 58.0 Å². The topological polar surface area (TPSA) is 18.5 Å². The molecule has 2 aliphatic heterocycles. The maximum atomic E-state index is 3.59. The fraction of sp³-hybridized carbons (Fsp3) is 1.00. The maximum absolute atomic E-state index is 3.59. The summed E-state index contributed by atoms with van der Waals surface area (Å²) in [5.74, 6) is 0. The Morgan fingerprint density at radius 1 is 1.11 bits per heavy atom. The van der Waals surface area contributed by atoms with E-state index in [0.717, 1.165) is 6.04 Å². The van der Waals surface area contributed by atoms with Crippen LogP contribution in [0.25, 0.3) is 0 Å². The van der Waals surface area contributed by atoms with Crippen LogP contribution < -0.4 is 5.32 Å². The number of hydrogen-bond donors (Lipinski definition) is 1. The molecule has 0 aromatic heterocycles. The molecule has 2 rings (SSSR count). The first kappa shape index (κ1) is 14.3. The molecule has 0 radical (unpaired) electrons. The van der Waals surface area contributed by atoms with Gasteiger partial charge >= 0.3 is 0 Å². The molecule has 0 aromatic carbocycles. The quantitative estimate of drug-likeness (QED) is 0.826. The van der Waals surface area contributed by atoms with Gasteiger partial charge in [0.15, 0.2) is 0 Å². The van der Waals surface area contributed by atoms with Crippen LogP contribution in [-0.4, -0.2) is 60.6 Å². The zero-order valence-corrected chi connectivity index (χ0v) is 12.5. The van der Waals surface area contributed by atoms with Gasteiger partial charge in [-0.1, -0.05) is 0 Å². The Hall–Kier alpha value is -0.120. The molecule has 2 fully saturated rings. The fourth-order valence-electron chi connectivity index (χ4n) is 3.21. The monoisotopic (exact) mass is 253 g/mol. The SMILES string of the molecule is CC(C)(C)N1CCN(CCCC2CCCN2)CC1. The van der Waals surface area contributed by atoms with Gasteiger partial charge in [0.05, 0.1) is 0 Å². The van der Waals surface area contributed by atoms with Crippen LogP contribution in [-0.2, 0) is 0 Å². The van der Waals surface area contributed by atoms with Crippen LogP contribution in [0.15, 0.2) is 0 Å². The van der Waals surface area contributed by atoms with E-state index >= 15 is 0 Å². The Balaban J connectivity index is 1.58. The first-order chi connectivity index (χ1) is 8.55. The second-order valence-electron chi connectivity index (χ2n) is 6.94. The molecule has 1 N–H and O–H groups in total. The highest BCUT2D eigenvalue weighted by atomic mass is 15.3. The van der Waals surface area contributed by atoms with E-state index in [-0.39, 0.29) is 0 Å². The van der Waals surface area contributed by atoms with Crippen LogP contribution in [0.2, 0.25) is 0 Å². The van der Waals surface area contributed by atoms with Gasteiger partial charge in [0, 0.05) is 37.8 Å². The fourth-order valence-corrected chi connectivity index (χ4v) is 3.21. The molecule has 1 atom stereocenters. The van der Waals surface area contributed by atoms with Crippen molar-refractivity contribution in [2.24, 2.45) is 0 Å². The lowest BCUT2D eigenvalue weighted by Crippen LogP contribution is -2.53. The van der Waals surface area contributed by atoms with Crippen molar-refractivity contribution in [3.63, 3.8) is 0 Å². The summed E-state index contributed by atoms with van der Waals surface area (Å²) in [5, 5.41) is 3.59. The Kier molecular flexibility index (Phi) is 5.05. The van der Waals surface area contributed by atoms with Gasteiger partial charge in [-0.05, 0) is 59.5 Å². The third-order valence-corrected chi connectivity index (χ3v) is 4.51. The summed E-state index contributed by atoms with van der Waals surface area (Å²) < 4.78 is 0. The third kappa shape index (κ3) is 4.22. The summed E-state index contributed by atoms with van der Waals surface area (Å²) in [6, 6.07) is 0.820. The summed E-state index contributed by atoms with van der Waals surface area (Å²) in [6.45, 7) is 14.5. The van der Waals surface area contributed by atoms with Gasteiger partial charge in [-0.25, -0.2) is 0 Å². The number of hydrogen-bond acceptors (Lipinski definition) is 3. The van der Waals surface area contributed by atoms with Crippen LogP contribution in [0.4, 0.5) is 0 Å². The molecule has 18 heavy (non-hydrogen) atoms. The van der Waals surface area contributed by atoms with Crippen LogP contribution in [0, 0.1) is 0 Å². The highest BCUT2D eigenvalue weighted by Crippen LogP contribution is 2.16. The minimum Gasteiger partial charge on any atom is -0.314 e. The van der Waals surface area contributed by atoms with E-state index < -0.39 is 0 Å². The van der Waals surface area contributed by atoms with Crippen molar-refractivity contribution >= 4 is 0 Å². The molecule has 0 amide bonds. The predicted molar refractivity (Wildman–Crippen MR) is 78.0 cm³/mol. The molecule has 3 heteroatoms. The zero-order valence-electron chi connectivity index (χ0n) is 12.5. The van der Waals surface area contributed by atoms with Gasteiger partial charge in [0.2, 0.25) is 0 Å². The van der Waals surface area contributed by atoms with Crippen LogP contribution in [0.5, 0.6) is 0 Å². The first-order valence-electron chi connectivity index (χ1n) is 7.76. The maximum Gasteiger partial charge on any atom is 0.0126 e. The average molecular weight is 253 g/mol. The van der Waals surface area contributed by atoms with Gasteiger partial charge in [-0.3, -0.25) is 4.90 Å². The molecule has 0 saturated carbocycles. The number of nitrogens with zero attached hydrogens (tertiary/aromatic N) is 2. The molecule has 0 spiro atoms. The Bertz CT molecular complexity index is 233. The minimum atomic E-state index is 0.347. The summed E-state index contributed by atoms with van der Waals surface area (Å²) in [5.41, 5.74) is 0.347. The van der Waals surface area contributed by atoms with Gasteiger partial charge in [0.25, 0.3) is 0 Å². The zero-order chi connectivity index (χ0) is 13.0. The lowest BCUT2D eigenvalue weighted by molar-refractivity contribution is 0.0614. The number of nitrogens with one attached hydrogen (secondary N) is 1. The summed E-state index contributed by atoms with van der Waals surface area (Å²) in [6.07, 6.45) is 5.53. The number of rotatable bonds is 4. The lowest BCUT2D eigenvalue weighted by atomic mass is 10.0. The molecule has 0 bridgehead atoms. The predicted octanol–water partition coefficient (Wildman–Crippen LogP) is 1.93. The Morgan fingerprint density at radius 3 is 2.39 bits per heavy atom. The summed E-state index contributed by atoms with van der Waals surface area (Å²) in [7, 11) is 0. The first-order valence-corrected chi connectivity index (χ1v) is 7.76. The molecule has 2 saturated heterocycles. The molecule has 0 aliphatic carbocycles. The third-order valence-electron chi connectivity index (χ3n) is 4.51. The van der Waals surface area contributed by atoms with E-state index in [1.54, 1.807) is 0 Å². The van der Waals surface area contributed by atoms with E-state index in [1.807, 2.05) is 0 Å². The molecule has 3 nitrogen and oxygen atoms in total. The average Bonchev–Trinajstić information content (AvgIpc) is 2.82. The van der Waals surface area contributed by atoms with Crippen LogP contribution in [0.1, 0.15) is 46.5 Å². The lowest BCUT2D eigenvalue weighted by Gasteiger charge is -2.42. The second kappa shape index (κ2) is 6.36. The van der Waals surface area contributed by atoms with Crippen molar-refractivity contribution < 1.29 is 0 Å². The molecule has 1 unspecified atom stereocenters. The molecule has 106 valence electrons. The van der Waals surface area contributed by atoms with Crippen molar-refractivity contribution in [3.8, 4) is 0 Å². The van der Waals surface area contributed by atoms with E-state index in [4.69, 9.17) is 0 Å². The normalized spacial score (nSPS) is 27.8. The van der Waals surface area contributed by atoms with Gasteiger partial charge in [-0.2, -0.15) is 0 Å². The highest BCUT2D eigenvalue weighted by Gasteiger charge is 2.25. The van der Waals surface area contributed by atoms with E-state index in [0.29, 0.717) is 5.54 Å². The van der Waals surface area contributed by atoms with Crippen molar-refractivity contribution in [3.05, 3.63) is 0 Å². The number of piperazine rings is 1. The van der Waals surface area contributed by atoms with Crippen molar-refractivity contribution in [1.29, 1.82) is 0 Å². The highest BCUT2D eigenvalue weighted by molar-refractivity contribution is 4.82.